The van der Waals surface area contributed by atoms with E-state index >= 15 is 0 Å². The van der Waals surface area contributed by atoms with E-state index in [1.54, 1.807) is 6.07 Å². The predicted octanol–water partition coefficient (Wildman–Crippen LogP) is 2.94. The highest BCUT2D eigenvalue weighted by Gasteiger charge is 2.13. The van der Waals surface area contributed by atoms with Crippen LogP contribution in [0.25, 0.3) is 0 Å². The fourth-order valence-corrected chi connectivity index (χ4v) is 2.33. The van der Waals surface area contributed by atoms with Crippen LogP contribution in [0.2, 0.25) is 0 Å². The zero-order chi connectivity index (χ0) is 16.5. The fourth-order valence-electron chi connectivity index (χ4n) is 2.33. The molecule has 1 aromatic rings. The van der Waals surface area contributed by atoms with E-state index in [0.717, 1.165) is 19.3 Å². The number of hydrogen-bond acceptors (Lipinski definition) is 5. The van der Waals surface area contributed by atoms with Crippen LogP contribution in [-0.4, -0.2) is 34.3 Å². The normalized spacial score (nSPS) is 12.1. The Morgan fingerprint density at radius 1 is 1.27 bits per heavy atom. The highest BCUT2D eigenvalue weighted by molar-refractivity contribution is 5.79. The van der Waals surface area contributed by atoms with Crippen LogP contribution in [0, 0.1) is 0 Å². The average Bonchev–Trinajstić information content (AvgIpc) is 2.48. The van der Waals surface area contributed by atoms with Crippen molar-refractivity contribution >= 4 is 5.78 Å². The third kappa shape index (κ3) is 5.93. The van der Waals surface area contributed by atoms with Crippen molar-refractivity contribution in [2.45, 2.75) is 58.0 Å². The van der Waals surface area contributed by atoms with E-state index in [2.05, 4.69) is 6.92 Å². The van der Waals surface area contributed by atoms with Crippen LogP contribution in [0.1, 0.15) is 51.0 Å². The van der Waals surface area contributed by atoms with Crippen LogP contribution in [0.3, 0.4) is 0 Å². The summed E-state index contributed by atoms with van der Waals surface area (Å²) in [6.07, 6.45) is 4.08. The Morgan fingerprint density at radius 2 is 2.00 bits per heavy atom. The summed E-state index contributed by atoms with van der Waals surface area (Å²) in [6.45, 7) is 2.10. The molecule has 0 aliphatic heterocycles. The Hall–Kier alpha value is -1.75. The predicted molar refractivity (Wildman–Crippen MR) is 84.4 cm³/mol. The topological polar surface area (TPSA) is 87.0 Å². The smallest absolute Gasteiger partial charge is 0.200 e. The van der Waals surface area contributed by atoms with Gasteiger partial charge in [0, 0.05) is 12.8 Å². The second kappa shape index (κ2) is 9.30. The number of phenols is 2. The zero-order valence-corrected chi connectivity index (χ0v) is 13.3. The molecule has 0 unspecified atom stereocenters. The van der Waals surface area contributed by atoms with Crippen molar-refractivity contribution in [2.24, 2.45) is 0 Å². The number of carbonyl (C=O) groups excluding carboxylic acids is 1. The molecular weight excluding hydrogens is 284 g/mol. The number of ketones is 1. The van der Waals surface area contributed by atoms with Gasteiger partial charge in [0.25, 0.3) is 0 Å². The van der Waals surface area contributed by atoms with Gasteiger partial charge in [-0.05, 0) is 30.5 Å². The van der Waals surface area contributed by atoms with E-state index in [0.29, 0.717) is 18.4 Å². The molecule has 0 fully saturated rings. The van der Waals surface area contributed by atoms with Crippen molar-refractivity contribution in [3.05, 3.63) is 17.7 Å². The molecule has 0 aromatic heterocycles. The number of ether oxygens (including phenoxy) is 1. The van der Waals surface area contributed by atoms with Gasteiger partial charge in [0.1, 0.15) is 5.78 Å². The first-order valence-corrected chi connectivity index (χ1v) is 7.76. The summed E-state index contributed by atoms with van der Waals surface area (Å²) in [7, 11) is 1.40. The monoisotopic (exact) mass is 310 g/mol. The highest BCUT2D eigenvalue weighted by Crippen LogP contribution is 2.36. The van der Waals surface area contributed by atoms with E-state index in [9.17, 15) is 20.1 Å². The standard InChI is InChI=1S/C17H26O5/c1-3-4-5-6-13(18)11-14(19)8-7-12-9-15(20)17(21)16(10-12)22-2/h9-10,13,18,20-21H,3-8,11H2,1-2H3/t13-/m0/s1. The third-order valence-corrected chi connectivity index (χ3v) is 3.63. The lowest BCUT2D eigenvalue weighted by molar-refractivity contribution is -0.121. The molecule has 0 spiro atoms. The van der Waals surface area contributed by atoms with E-state index in [-0.39, 0.29) is 35.9 Å². The number of rotatable bonds is 10. The lowest BCUT2D eigenvalue weighted by Crippen LogP contribution is -2.13. The third-order valence-electron chi connectivity index (χ3n) is 3.63. The number of carbonyl (C=O) groups is 1. The number of aliphatic hydroxyl groups excluding tert-OH is 1. The van der Waals surface area contributed by atoms with Gasteiger partial charge < -0.3 is 20.1 Å². The second-order valence-corrected chi connectivity index (χ2v) is 5.56. The number of Topliss-reactive ketones (excluding diaryl/α,β-unsaturated/α-hetero) is 1. The minimum atomic E-state index is -0.568. The van der Waals surface area contributed by atoms with Crippen LogP contribution < -0.4 is 4.74 Å². The fraction of sp³-hybridized carbons (Fsp3) is 0.588. The number of unbranched alkanes of at least 4 members (excludes halogenated alkanes) is 2. The van der Waals surface area contributed by atoms with E-state index in [1.165, 1.54) is 13.2 Å². The number of aryl methyl sites for hydroxylation is 1. The minimum absolute atomic E-state index is 0.00414. The summed E-state index contributed by atoms with van der Waals surface area (Å²) in [5, 5.41) is 28.9. The molecule has 1 rings (SSSR count). The number of methoxy groups -OCH3 is 1. The molecule has 0 bridgehead atoms. The molecule has 124 valence electrons. The van der Waals surface area contributed by atoms with Crippen LogP contribution in [0.4, 0.5) is 0 Å². The maximum atomic E-state index is 11.9. The maximum Gasteiger partial charge on any atom is 0.200 e. The van der Waals surface area contributed by atoms with E-state index in [1.807, 2.05) is 0 Å². The van der Waals surface area contributed by atoms with Crippen LogP contribution in [-0.2, 0) is 11.2 Å². The molecular formula is C17H26O5. The van der Waals surface area contributed by atoms with Crippen molar-refractivity contribution < 1.29 is 24.9 Å². The molecule has 1 atom stereocenters. The molecule has 0 radical (unpaired) electrons. The minimum Gasteiger partial charge on any atom is -0.504 e. The molecule has 0 aliphatic rings. The van der Waals surface area contributed by atoms with Gasteiger partial charge in [0.15, 0.2) is 11.5 Å². The van der Waals surface area contributed by atoms with Gasteiger partial charge in [0.05, 0.1) is 13.2 Å². The highest BCUT2D eigenvalue weighted by atomic mass is 16.5. The van der Waals surface area contributed by atoms with Crippen molar-refractivity contribution in [3.63, 3.8) is 0 Å². The molecule has 0 saturated heterocycles. The summed E-state index contributed by atoms with van der Waals surface area (Å²) in [6, 6.07) is 3.02. The Morgan fingerprint density at radius 3 is 2.64 bits per heavy atom. The number of aliphatic hydroxyl groups is 1. The molecule has 1 aromatic carbocycles. The van der Waals surface area contributed by atoms with E-state index in [4.69, 9.17) is 4.74 Å². The van der Waals surface area contributed by atoms with Gasteiger partial charge in [-0.15, -0.1) is 0 Å². The number of phenolic OH excluding ortho intramolecular Hbond substituents is 2. The van der Waals surface area contributed by atoms with E-state index < -0.39 is 6.10 Å². The molecule has 0 heterocycles. The first-order valence-electron chi connectivity index (χ1n) is 7.76. The SMILES string of the molecule is CCCCC[C@H](O)CC(=O)CCc1cc(O)c(O)c(OC)c1. The Kier molecular flexibility index (Phi) is 7.74. The average molecular weight is 310 g/mol. The van der Waals surface area contributed by atoms with Crippen molar-refractivity contribution in [2.75, 3.05) is 7.11 Å². The first kappa shape index (κ1) is 18.3. The van der Waals surface area contributed by atoms with Gasteiger partial charge in [-0.25, -0.2) is 0 Å². The number of hydrogen-bond donors (Lipinski definition) is 3. The molecule has 5 nitrogen and oxygen atoms in total. The Labute approximate surface area is 131 Å². The number of benzene rings is 1. The summed E-state index contributed by atoms with van der Waals surface area (Å²) in [4.78, 5) is 11.9. The largest absolute Gasteiger partial charge is 0.504 e. The summed E-state index contributed by atoms with van der Waals surface area (Å²) >= 11 is 0. The number of aromatic hydroxyl groups is 2. The Balaban J connectivity index is 2.45. The van der Waals surface area contributed by atoms with Crippen LogP contribution in [0.15, 0.2) is 12.1 Å². The van der Waals surface area contributed by atoms with Crippen molar-refractivity contribution in [1.29, 1.82) is 0 Å². The zero-order valence-electron chi connectivity index (χ0n) is 13.3. The quantitative estimate of drug-likeness (QED) is 0.457. The molecule has 5 heteroatoms. The summed E-state index contributed by atoms with van der Waals surface area (Å²) < 4.78 is 4.96. The molecule has 0 saturated carbocycles. The lowest BCUT2D eigenvalue weighted by atomic mass is 10.0. The first-order chi connectivity index (χ1) is 10.5. The van der Waals surface area contributed by atoms with Crippen molar-refractivity contribution in [3.8, 4) is 17.2 Å². The molecule has 0 amide bonds. The Bertz CT molecular complexity index is 484. The molecule has 22 heavy (non-hydrogen) atoms. The second-order valence-electron chi connectivity index (χ2n) is 5.56. The van der Waals surface area contributed by atoms with Gasteiger partial charge in [-0.3, -0.25) is 4.79 Å². The van der Waals surface area contributed by atoms with Crippen LogP contribution in [0.5, 0.6) is 17.2 Å². The van der Waals surface area contributed by atoms with Gasteiger partial charge in [-0.2, -0.15) is 0 Å². The van der Waals surface area contributed by atoms with Gasteiger partial charge in [-0.1, -0.05) is 26.2 Å². The molecule has 0 aliphatic carbocycles. The van der Waals surface area contributed by atoms with Crippen molar-refractivity contribution in [1.82, 2.24) is 0 Å². The summed E-state index contributed by atoms with van der Waals surface area (Å²) in [5.41, 5.74) is 0.709. The molecule has 3 N–H and O–H groups in total. The van der Waals surface area contributed by atoms with Crippen LogP contribution >= 0.6 is 0 Å². The lowest BCUT2D eigenvalue weighted by Gasteiger charge is -2.10. The van der Waals surface area contributed by atoms with Gasteiger partial charge >= 0.3 is 0 Å². The maximum absolute atomic E-state index is 11.9. The summed E-state index contributed by atoms with van der Waals surface area (Å²) in [5.74, 6) is -0.386. The van der Waals surface area contributed by atoms with Gasteiger partial charge in [0.2, 0.25) is 5.75 Å².